The molecule has 1 aromatic heterocycles. The minimum Gasteiger partial charge on any atom is -0.469 e. The van der Waals surface area contributed by atoms with Crippen LogP contribution >= 0.6 is 15.9 Å². The molecule has 1 aromatic carbocycles. The molecule has 0 fully saturated rings. The van der Waals surface area contributed by atoms with Crippen molar-refractivity contribution in [2.45, 2.75) is 6.42 Å². The number of halogens is 1. The predicted octanol–water partition coefficient (Wildman–Crippen LogP) is 2.65. The van der Waals surface area contributed by atoms with Gasteiger partial charge >= 0.3 is 5.97 Å². The van der Waals surface area contributed by atoms with Crippen molar-refractivity contribution in [2.75, 3.05) is 7.11 Å². The van der Waals surface area contributed by atoms with Crippen LogP contribution in [0.1, 0.15) is 5.56 Å². The van der Waals surface area contributed by atoms with Crippen molar-refractivity contribution in [3.8, 4) is 0 Å². The Morgan fingerprint density at radius 1 is 1.53 bits per heavy atom. The zero-order valence-electron chi connectivity index (χ0n) is 8.21. The van der Waals surface area contributed by atoms with Crippen LogP contribution in [0.4, 0.5) is 0 Å². The third-order valence-electron chi connectivity index (χ3n) is 2.30. The van der Waals surface area contributed by atoms with Crippen LogP contribution in [0, 0.1) is 0 Å². The molecule has 4 heteroatoms. The van der Waals surface area contributed by atoms with Gasteiger partial charge in [0.2, 0.25) is 0 Å². The highest BCUT2D eigenvalue weighted by atomic mass is 79.9. The number of H-pyrrole nitrogens is 1. The van der Waals surface area contributed by atoms with Crippen molar-refractivity contribution in [2.24, 2.45) is 0 Å². The van der Waals surface area contributed by atoms with Crippen LogP contribution in [0.2, 0.25) is 0 Å². The van der Waals surface area contributed by atoms with Crippen molar-refractivity contribution < 1.29 is 9.53 Å². The Hall–Kier alpha value is -1.29. The molecule has 0 bridgehead atoms. The summed E-state index contributed by atoms with van der Waals surface area (Å²) < 4.78 is 5.63. The average Bonchev–Trinajstić information content (AvgIpc) is 2.63. The first kappa shape index (κ1) is 10.2. The van der Waals surface area contributed by atoms with Gasteiger partial charge in [-0.25, -0.2) is 0 Å². The summed E-state index contributed by atoms with van der Waals surface area (Å²) >= 11 is 3.47. The first-order valence-electron chi connectivity index (χ1n) is 4.53. The van der Waals surface area contributed by atoms with Gasteiger partial charge in [-0.2, -0.15) is 0 Å². The Morgan fingerprint density at radius 2 is 2.33 bits per heavy atom. The number of nitrogens with one attached hydrogen (secondary N) is 1. The van der Waals surface area contributed by atoms with E-state index in [9.17, 15) is 4.79 Å². The minimum atomic E-state index is -0.230. The van der Waals surface area contributed by atoms with E-state index >= 15 is 0 Å². The number of methoxy groups -OCH3 is 1. The lowest BCUT2D eigenvalue weighted by Gasteiger charge is -1.99. The molecule has 0 atom stereocenters. The number of aromatic nitrogens is 1. The van der Waals surface area contributed by atoms with E-state index < -0.39 is 0 Å². The summed E-state index contributed by atoms with van der Waals surface area (Å²) in [5.74, 6) is -0.230. The lowest BCUT2D eigenvalue weighted by molar-refractivity contribution is -0.139. The molecule has 3 nitrogen and oxygen atoms in total. The van der Waals surface area contributed by atoms with Crippen molar-refractivity contribution >= 4 is 32.8 Å². The Labute approximate surface area is 95.6 Å². The van der Waals surface area contributed by atoms with Gasteiger partial charge in [-0.15, -0.1) is 0 Å². The molecule has 2 aromatic rings. The summed E-state index contributed by atoms with van der Waals surface area (Å²) in [6.07, 6.45) is 2.13. The van der Waals surface area contributed by atoms with Crippen LogP contribution in [0.3, 0.4) is 0 Å². The van der Waals surface area contributed by atoms with Gasteiger partial charge in [0, 0.05) is 21.6 Å². The molecule has 0 saturated heterocycles. The lowest BCUT2D eigenvalue weighted by atomic mass is 10.1. The van der Waals surface area contributed by atoms with Crippen molar-refractivity contribution in [3.05, 3.63) is 34.4 Å². The van der Waals surface area contributed by atoms with Gasteiger partial charge in [0.15, 0.2) is 0 Å². The minimum absolute atomic E-state index is 0.230. The summed E-state index contributed by atoms with van der Waals surface area (Å²) in [7, 11) is 1.40. The highest BCUT2D eigenvalue weighted by Crippen LogP contribution is 2.27. The average molecular weight is 268 g/mol. The van der Waals surface area contributed by atoms with Gasteiger partial charge in [-0.3, -0.25) is 4.79 Å². The second-order valence-electron chi connectivity index (χ2n) is 3.23. The van der Waals surface area contributed by atoms with Gasteiger partial charge in [-0.1, -0.05) is 22.0 Å². The lowest BCUT2D eigenvalue weighted by Crippen LogP contribution is -2.03. The monoisotopic (exact) mass is 267 g/mol. The molecule has 0 saturated carbocycles. The van der Waals surface area contributed by atoms with Gasteiger partial charge < -0.3 is 9.72 Å². The number of ether oxygens (including phenoxy) is 1. The number of hydrogen-bond donors (Lipinski definition) is 1. The van der Waals surface area contributed by atoms with E-state index in [1.165, 1.54) is 7.11 Å². The fourth-order valence-electron chi connectivity index (χ4n) is 1.57. The van der Waals surface area contributed by atoms with Crippen molar-refractivity contribution in [1.82, 2.24) is 4.98 Å². The maximum absolute atomic E-state index is 11.2. The molecule has 0 spiro atoms. The van der Waals surface area contributed by atoms with Crippen LogP contribution in [0.25, 0.3) is 10.9 Å². The predicted molar refractivity (Wildman–Crippen MR) is 61.7 cm³/mol. The number of fused-ring (bicyclic) bond motifs is 1. The first-order valence-corrected chi connectivity index (χ1v) is 5.33. The van der Waals surface area contributed by atoms with E-state index in [0.717, 1.165) is 20.9 Å². The molecule has 2 rings (SSSR count). The fourth-order valence-corrected chi connectivity index (χ4v) is 2.20. The zero-order chi connectivity index (χ0) is 10.8. The molecule has 78 valence electrons. The Kier molecular flexibility index (Phi) is 2.77. The van der Waals surface area contributed by atoms with E-state index in [1.807, 2.05) is 24.4 Å². The third kappa shape index (κ3) is 1.90. The summed E-state index contributed by atoms with van der Waals surface area (Å²) in [5, 5.41) is 1.04. The number of carbonyl (C=O) groups excluding carboxylic acids is 1. The third-order valence-corrected chi connectivity index (χ3v) is 2.96. The molecule has 0 aliphatic heterocycles. The molecule has 0 aliphatic rings. The van der Waals surface area contributed by atoms with Crippen LogP contribution < -0.4 is 0 Å². The number of hydrogen-bond acceptors (Lipinski definition) is 2. The topological polar surface area (TPSA) is 42.1 Å². The zero-order valence-corrected chi connectivity index (χ0v) is 9.80. The van der Waals surface area contributed by atoms with Gasteiger partial charge in [-0.05, 0) is 17.7 Å². The second kappa shape index (κ2) is 4.06. The van der Waals surface area contributed by atoms with Gasteiger partial charge in [0.1, 0.15) is 0 Å². The van der Waals surface area contributed by atoms with E-state index in [2.05, 4.69) is 25.7 Å². The highest BCUT2D eigenvalue weighted by Gasteiger charge is 2.10. The van der Waals surface area contributed by atoms with Crippen LogP contribution in [0.15, 0.2) is 28.9 Å². The number of rotatable bonds is 2. The molecular weight excluding hydrogens is 258 g/mol. The largest absolute Gasteiger partial charge is 0.469 e. The van der Waals surface area contributed by atoms with E-state index in [1.54, 1.807) is 0 Å². The fraction of sp³-hybridized carbons (Fsp3) is 0.182. The standard InChI is InChI=1S/C11H10BrNO2/c1-15-10(14)5-7-6-13-9-4-2-3-8(12)11(7)9/h2-4,6,13H,5H2,1H3. The maximum Gasteiger partial charge on any atom is 0.310 e. The van der Waals surface area contributed by atoms with E-state index in [-0.39, 0.29) is 5.97 Å². The molecule has 15 heavy (non-hydrogen) atoms. The van der Waals surface area contributed by atoms with Crippen molar-refractivity contribution in [1.29, 1.82) is 0 Å². The molecule has 0 aliphatic carbocycles. The molecular formula is C11H10BrNO2. The number of esters is 1. The summed E-state index contributed by atoms with van der Waals surface area (Å²) in [5.41, 5.74) is 1.97. The molecule has 0 radical (unpaired) electrons. The number of carbonyl (C=O) groups is 1. The van der Waals surface area contributed by atoms with Crippen LogP contribution in [-0.2, 0) is 16.0 Å². The quantitative estimate of drug-likeness (QED) is 0.851. The Balaban J connectivity index is 2.48. The molecule has 1 N–H and O–H groups in total. The molecule has 0 unspecified atom stereocenters. The van der Waals surface area contributed by atoms with E-state index in [4.69, 9.17) is 0 Å². The van der Waals surface area contributed by atoms with Gasteiger partial charge in [0.25, 0.3) is 0 Å². The normalized spacial score (nSPS) is 10.5. The number of benzene rings is 1. The Morgan fingerprint density at radius 3 is 3.07 bits per heavy atom. The second-order valence-corrected chi connectivity index (χ2v) is 4.08. The smallest absolute Gasteiger partial charge is 0.310 e. The SMILES string of the molecule is COC(=O)Cc1c[nH]c2cccc(Br)c12. The van der Waals surface area contributed by atoms with Gasteiger partial charge in [0.05, 0.1) is 13.5 Å². The first-order chi connectivity index (χ1) is 7.22. The number of aromatic amines is 1. The Bertz CT molecular complexity index is 504. The van der Waals surface area contributed by atoms with Crippen molar-refractivity contribution in [3.63, 3.8) is 0 Å². The highest BCUT2D eigenvalue weighted by molar-refractivity contribution is 9.10. The molecule has 0 amide bonds. The summed E-state index contributed by atoms with van der Waals surface area (Å²) in [6.45, 7) is 0. The molecule has 1 heterocycles. The maximum atomic E-state index is 11.2. The summed E-state index contributed by atoms with van der Waals surface area (Å²) in [4.78, 5) is 14.3. The van der Waals surface area contributed by atoms with Crippen LogP contribution in [0.5, 0.6) is 0 Å². The summed E-state index contributed by atoms with van der Waals surface area (Å²) in [6, 6.07) is 5.88. The van der Waals surface area contributed by atoms with Crippen LogP contribution in [-0.4, -0.2) is 18.1 Å². The van der Waals surface area contributed by atoms with E-state index in [0.29, 0.717) is 6.42 Å².